The van der Waals surface area contributed by atoms with Crippen molar-refractivity contribution in [2.45, 2.75) is 25.6 Å². The van der Waals surface area contributed by atoms with Gasteiger partial charge in [-0.05, 0) is 41.3 Å². The van der Waals surface area contributed by atoms with E-state index in [9.17, 15) is 13.2 Å². The van der Waals surface area contributed by atoms with Gasteiger partial charge in [-0.25, -0.2) is 0 Å². The van der Waals surface area contributed by atoms with Crippen LogP contribution in [0, 0.1) is 5.92 Å². The van der Waals surface area contributed by atoms with Crippen molar-refractivity contribution in [3.05, 3.63) is 59.2 Å². The number of methoxy groups -OCH3 is 2. The first-order valence-corrected chi connectivity index (χ1v) is 8.24. The summed E-state index contributed by atoms with van der Waals surface area (Å²) in [6.07, 6.45) is -4.55. The third kappa shape index (κ3) is 2.73. The van der Waals surface area contributed by atoms with E-state index in [2.05, 4.69) is 4.99 Å². The number of halogens is 3. The molecule has 1 heterocycles. The predicted octanol–water partition coefficient (Wildman–Crippen LogP) is 4.97. The van der Waals surface area contributed by atoms with Gasteiger partial charge in [-0.15, -0.1) is 0 Å². The average molecular weight is 363 g/mol. The fraction of sp³-hybridized carbons (Fsp3) is 0.350. The molecule has 6 heteroatoms. The summed E-state index contributed by atoms with van der Waals surface area (Å²) in [5, 5.41) is 0. The van der Waals surface area contributed by atoms with Crippen LogP contribution in [0.3, 0.4) is 0 Å². The highest BCUT2D eigenvalue weighted by Crippen LogP contribution is 2.49. The first-order chi connectivity index (χ1) is 12.2. The lowest BCUT2D eigenvalue weighted by atomic mass is 9.75. The summed E-state index contributed by atoms with van der Waals surface area (Å²) < 4.78 is 51.5. The summed E-state index contributed by atoms with van der Waals surface area (Å²) in [7, 11) is 2.98. The highest BCUT2D eigenvalue weighted by Gasteiger charge is 2.51. The molecule has 1 atom stereocenters. The minimum atomic E-state index is -4.55. The normalized spacial score (nSPS) is 19.3. The van der Waals surface area contributed by atoms with Crippen LogP contribution in [0.4, 0.5) is 13.2 Å². The molecule has 2 aromatic rings. The Balaban J connectivity index is 2.30. The second kappa shape index (κ2) is 6.34. The topological polar surface area (TPSA) is 30.8 Å². The van der Waals surface area contributed by atoms with Crippen molar-refractivity contribution in [2.75, 3.05) is 14.2 Å². The van der Waals surface area contributed by atoms with Gasteiger partial charge in [0.25, 0.3) is 0 Å². The molecular weight excluding hydrogens is 343 g/mol. The van der Waals surface area contributed by atoms with Crippen LogP contribution in [0.25, 0.3) is 0 Å². The van der Waals surface area contributed by atoms with Crippen LogP contribution < -0.4 is 9.47 Å². The van der Waals surface area contributed by atoms with E-state index in [0.717, 1.165) is 0 Å². The van der Waals surface area contributed by atoms with Gasteiger partial charge in [-0.3, -0.25) is 4.99 Å². The first-order valence-electron chi connectivity index (χ1n) is 8.24. The van der Waals surface area contributed by atoms with Crippen LogP contribution in [0.15, 0.2) is 47.5 Å². The van der Waals surface area contributed by atoms with E-state index in [0.29, 0.717) is 22.6 Å². The van der Waals surface area contributed by atoms with Gasteiger partial charge in [0.2, 0.25) is 0 Å². The average Bonchev–Trinajstić information content (AvgIpc) is 2.97. The zero-order valence-electron chi connectivity index (χ0n) is 15.0. The van der Waals surface area contributed by atoms with Crippen LogP contribution in [-0.2, 0) is 5.54 Å². The summed E-state index contributed by atoms with van der Waals surface area (Å²) in [5.41, 5.74) is -0.680. The summed E-state index contributed by atoms with van der Waals surface area (Å²) in [6, 6.07) is 11.8. The number of fused-ring (bicyclic) bond motifs is 1. The van der Waals surface area contributed by atoms with E-state index in [1.165, 1.54) is 13.2 Å². The van der Waals surface area contributed by atoms with Crippen molar-refractivity contribution >= 4 is 5.71 Å². The Morgan fingerprint density at radius 2 is 1.50 bits per heavy atom. The highest BCUT2D eigenvalue weighted by molar-refractivity contribution is 6.09. The van der Waals surface area contributed by atoms with Crippen molar-refractivity contribution in [1.82, 2.24) is 0 Å². The van der Waals surface area contributed by atoms with Gasteiger partial charge in [0, 0.05) is 5.56 Å². The monoisotopic (exact) mass is 363 g/mol. The Hall–Kier alpha value is -2.50. The van der Waals surface area contributed by atoms with Crippen LogP contribution in [-0.4, -0.2) is 26.1 Å². The number of aliphatic imine (C=N–C) groups is 1. The van der Waals surface area contributed by atoms with Gasteiger partial charge >= 0.3 is 6.18 Å². The van der Waals surface area contributed by atoms with Crippen LogP contribution >= 0.6 is 0 Å². The van der Waals surface area contributed by atoms with Gasteiger partial charge in [0.1, 0.15) is 22.7 Å². The molecule has 0 fully saturated rings. The van der Waals surface area contributed by atoms with Crippen molar-refractivity contribution in [3.8, 4) is 11.5 Å². The van der Waals surface area contributed by atoms with Gasteiger partial charge in [0.05, 0.1) is 14.2 Å². The van der Waals surface area contributed by atoms with E-state index in [1.807, 2.05) is 13.8 Å². The summed E-state index contributed by atoms with van der Waals surface area (Å²) in [5.74, 6) is 0.818. The second-order valence-electron chi connectivity index (χ2n) is 6.52. The lowest BCUT2D eigenvalue weighted by Gasteiger charge is -2.33. The number of benzene rings is 2. The molecule has 0 amide bonds. The van der Waals surface area contributed by atoms with E-state index >= 15 is 0 Å². The third-order valence-electron chi connectivity index (χ3n) is 4.81. The quantitative estimate of drug-likeness (QED) is 0.768. The standard InChI is InChI=1S/C20H20F3NO2/c1-12(2)19(13-5-7-14(25-3)8-6-13)17-10-9-15(26-4)11-16(17)18(24-19)20(21,22)23/h5-12H,1-4H3/t19-/m0/s1. The Kier molecular flexibility index (Phi) is 4.46. The Morgan fingerprint density at radius 3 is 2.00 bits per heavy atom. The second-order valence-corrected chi connectivity index (χ2v) is 6.52. The number of alkyl halides is 3. The lowest BCUT2D eigenvalue weighted by Crippen LogP contribution is -2.30. The number of rotatable bonds is 4. The predicted molar refractivity (Wildman–Crippen MR) is 94.2 cm³/mol. The smallest absolute Gasteiger partial charge is 0.433 e. The molecule has 0 unspecified atom stereocenters. The van der Waals surface area contributed by atoms with Crippen LogP contribution in [0.5, 0.6) is 11.5 Å². The molecule has 0 N–H and O–H groups in total. The molecule has 3 rings (SSSR count). The zero-order valence-corrected chi connectivity index (χ0v) is 15.0. The molecule has 0 saturated carbocycles. The maximum absolute atomic E-state index is 13.7. The molecule has 0 aromatic heterocycles. The summed E-state index contributed by atoms with van der Waals surface area (Å²) in [6.45, 7) is 3.75. The fourth-order valence-corrected chi connectivity index (χ4v) is 3.53. The maximum Gasteiger partial charge on any atom is 0.433 e. The van der Waals surface area contributed by atoms with Crippen molar-refractivity contribution < 1.29 is 22.6 Å². The molecular formula is C20H20F3NO2. The summed E-state index contributed by atoms with van der Waals surface area (Å²) >= 11 is 0. The fourth-order valence-electron chi connectivity index (χ4n) is 3.53. The summed E-state index contributed by atoms with van der Waals surface area (Å²) in [4.78, 5) is 4.25. The van der Waals surface area contributed by atoms with E-state index in [1.54, 1.807) is 43.5 Å². The number of ether oxygens (including phenoxy) is 2. The van der Waals surface area contributed by atoms with Crippen LogP contribution in [0.2, 0.25) is 0 Å². The number of hydrogen-bond acceptors (Lipinski definition) is 3. The molecule has 0 saturated heterocycles. The Labute approximate surface area is 150 Å². The van der Waals surface area contributed by atoms with Crippen LogP contribution in [0.1, 0.15) is 30.5 Å². The Bertz CT molecular complexity index is 841. The zero-order chi connectivity index (χ0) is 19.1. The third-order valence-corrected chi connectivity index (χ3v) is 4.81. The van der Waals surface area contributed by atoms with E-state index in [-0.39, 0.29) is 11.5 Å². The largest absolute Gasteiger partial charge is 0.497 e. The number of nitrogens with zero attached hydrogens (tertiary/aromatic N) is 1. The molecule has 26 heavy (non-hydrogen) atoms. The molecule has 0 bridgehead atoms. The van der Waals surface area contributed by atoms with E-state index < -0.39 is 17.4 Å². The van der Waals surface area contributed by atoms with E-state index in [4.69, 9.17) is 9.47 Å². The molecule has 0 spiro atoms. The Morgan fingerprint density at radius 1 is 0.923 bits per heavy atom. The van der Waals surface area contributed by atoms with Crippen molar-refractivity contribution in [2.24, 2.45) is 10.9 Å². The van der Waals surface area contributed by atoms with Gasteiger partial charge in [0.15, 0.2) is 0 Å². The minimum absolute atomic E-state index is 0.0707. The molecule has 0 radical (unpaired) electrons. The van der Waals surface area contributed by atoms with Gasteiger partial charge in [-0.2, -0.15) is 13.2 Å². The maximum atomic E-state index is 13.7. The molecule has 1 aliphatic rings. The van der Waals surface area contributed by atoms with Crippen molar-refractivity contribution in [3.63, 3.8) is 0 Å². The first kappa shape index (κ1) is 18.3. The lowest BCUT2D eigenvalue weighted by molar-refractivity contribution is -0.0582. The molecule has 3 nitrogen and oxygen atoms in total. The minimum Gasteiger partial charge on any atom is -0.497 e. The molecule has 1 aliphatic heterocycles. The van der Waals surface area contributed by atoms with Crippen molar-refractivity contribution in [1.29, 1.82) is 0 Å². The highest BCUT2D eigenvalue weighted by atomic mass is 19.4. The molecule has 0 aliphatic carbocycles. The number of hydrogen-bond donors (Lipinski definition) is 0. The molecule has 138 valence electrons. The molecule has 2 aromatic carbocycles. The van der Waals surface area contributed by atoms with Gasteiger partial charge in [-0.1, -0.05) is 32.0 Å². The SMILES string of the molecule is COc1ccc([C@]2(C(C)C)N=C(C(F)(F)F)c3cc(OC)ccc32)cc1. The van der Waals surface area contributed by atoms with Gasteiger partial charge < -0.3 is 9.47 Å².